The Hall–Kier alpha value is -1.88. The van der Waals surface area contributed by atoms with Crippen molar-refractivity contribution in [3.63, 3.8) is 0 Å². The smallest absolute Gasteiger partial charge is 0.245 e. The average Bonchev–Trinajstić information content (AvgIpc) is 2.97. The highest BCUT2D eigenvalue weighted by Gasteiger charge is 2.39. The van der Waals surface area contributed by atoms with Gasteiger partial charge in [0.2, 0.25) is 11.8 Å². The highest BCUT2D eigenvalue weighted by Crippen LogP contribution is 2.25. The molecule has 5 heteroatoms. The molecule has 2 saturated heterocycles. The van der Waals surface area contributed by atoms with Crippen LogP contribution in [-0.4, -0.2) is 52.5 Å². The first-order valence-corrected chi connectivity index (χ1v) is 8.83. The van der Waals surface area contributed by atoms with Crippen LogP contribution in [0.15, 0.2) is 24.3 Å². The SMILES string of the molecule is Cc1ccc(CN2C(=O)CCC2C(=O)N2CCCC(CO)C2)cc1. The van der Waals surface area contributed by atoms with Crippen LogP contribution in [0, 0.1) is 12.8 Å². The van der Waals surface area contributed by atoms with Gasteiger partial charge in [-0.3, -0.25) is 9.59 Å². The summed E-state index contributed by atoms with van der Waals surface area (Å²) < 4.78 is 0. The molecule has 0 aromatic heterocycles. The monoisotopic (exact) mass is 330 g/mol. The minimum atomic E-state index is -0.351. The number of nitrogens with zero attached hydrogens (tertiary/aromatic N) is 2. The van der Waals surface area contributed by atoms with Gasteiger partial charge in [-0.15, -0.1) is 0 Å². The van der Waals surface area contributed by atoms with Crippen LogP contribution in [0.4, 0.5) is 0 Å². The van der Waals surface area contributed by atoms with Gasteiger partial charge in [-0.2, -0.15) is 0 Å². The number of likely N-dealkylation sites (tertiary alicyclic amines) is 2. The summed E-state index contributed by atoms with van der Waals surface area (Å²) in [6, 6.07) is 7.75. The number of benzene rings is 1. The fraction of sp³-hybridized carbons (Fsp3) is 0.579. The molecule has 1 N–H and O–H groups in total. The first-order chi connectivity index (χ1) is 11.6. The normalized spacial score (nSPS) is 24.5. The minimum Gasteiger partial charge on any atom is -0.396 e. The number of aliphatic hydroxyl groups is 1. The van der Waals surface area contributed by atoms with Crippen molar-refractivity contribution in [1.82, 2.24) is 9.80 Å². The summed E-state index contributed by atoms with van der Waals surface area (Å²) in [4.78, 5) is 28.8. The lowest BCUT2D eigenvalue weighted by Crippen LogP contribution is -2.50. The van der Waals surface area contributed by atoms with Gasteiger partial charge in [-0.25, -0.2) is 0 Å². The van der Waals surface area contributed by atoms with E-state index in [0.717, 1.165) is 24.9 Å². The largest absolute Gasteiger partial charge is 0.396 e. The quantitative estimate of drug-likeness (QED) is 0.914. The Bertz CT molecular complexity index is 599. The van der Waals surface area contributed by atoms with Gasteiger partial charge in [0.05, 0.1) is 0 Å². The zero-order chi connectivity index (χ0) is 17.1. The molecule has 2 unspecified atom stereocenters. The van der Waals surface area contributed by atoms with Crippen molar-refractivity contribution in [2.24, 2.45) is 5.92 Å². The van der Waals surface area contributed by atoms with E-state index in [1.165, 1.54) is 5.56 Å². The molecule has 3 rings (SSSR count). The van der Waals surface area contributed by atoms with Gasteiger partial charge in [0.1, 0.15) is 6.04 Å². The maximum absolute atomic E-state index is 12.9. The molecular weight excluding hydrogens is 304 g/mol. The maximum atomic E-state index is 12.9. The van der Waals surface area contributed by atoms with Crippen LogP contribution in [0.3, 0.4) is 0 Å². The molecule has 2 aliphatic rings. The zero-order valence-electron chi connectivity index (χ0n) is 14.3. The van der Waals surface area contributed by atoms with Crippen molar-refractivity contribution < 1.29 is 14.7 Å². The zero-order valence-corrected chi connectivity index (χ0v) is 14.3. The van der Waals surface area contributed by atoms with Gasteiger partial charge in [0, 0.05) is 32.7 Å². The second kappa shape index (κ2) is 7.34. The summed E-state index contributed by atoms with van der Waals surface area (Å²) in [5, 5.41) is 9.36. The molecule has 0 spiro atoms. The van der Waals surface area contributed by atoms with E-state index in [2.05, 4.69) is 0 Å². The van der Waals surface area contributed by atoms with Crippen LogP contribution in [-0.2, 0) is 16.1 Å². The molecule has 0 saturated carbocycles. The van der Waals surface area contributed by atoms with Crippen LogP contribution in [0.1, 0.15) is 36.8 Å². The number of carbonyl (C=O) groups excluding carboxylic acids is 2. The van der Waals surface area contributed by atoms with E-state index in [0.29, 0.717) is 25.9 Å². The third-order valence-corrected chi connectivity index (χ3v) is 5.18. The van der Waals surface area contributed by atoms with Gasteiger partial charge in [-0.05, 0) is 37.7 Å². The molecule has 5 nitrogen and oxygen atoms in total. The molecule has 2 amide bonds. The Morgan fingerprint density at radius 3 is 2.71 bits per heavy atom. The van der Waals surface area contributed by atoms with Crippen molar-refractivity contribution in [3.8, 4) is 0 Å². The van der Waals surface area contributed by atoms with Gasteiger partial charge in [0.25, 0.3) is 0 Å². The molecule has 0 bridgehead atoms. The average molecular weight is 330 g/mol. The molecule has 1 aromatic rings. The predicted molar refractivity (Wildman–Crippen MR) is 91.1 cm³/mol. The topological polar surface area (TPSA) is 60.9 Å². The Morgan fingerprint density at radius 1 is 1.25 bits per heavy atom. The van der Waals surface area contributed by atoms with E-state index in [9.17, 15) is 14.7 Å². The summed E-state index contributed by atoms with van der Waals surface area (Å²) in [5.74, 6) is 0.279. The van der Waals surface area contributed by atoms with Gasteiger partial charge < -0.3 is 14.9 Å². The Labute approximate surface area is 143 Å². The van der Waals surface area contributed by atoms with Gasteiger partial charge >= 0.3 is 0 Å². The number of rotatable bonds is 4. The fourth-order valence-electron chi connectivity index (χ4n) is 3.70. The summed E-state index contributed by atoms with van der Waals surface area (Å²) >= 11 is 0. The second-order valence-electron chi connectivity index (χ2n) is 7.04. The third kappa shape index (κ3) is 3.61. The Morgan fingerprint density at radius 2 is 2.00 bits per heavy atom. The Balaban J connectivity index is 1.70. The van der Waals surface area contributed by atoms with E-state index in [-0.39, 0.29) is 30.4 Å². The number of piperidine rings is 1. The molecule has 1 aromatic carbocycles. The summed E-state index contributed by atoms with van der Waals surface area (Å²) in [5.41, 5.74) is 2.24. The van der Waals surface area contributed by atoms with Crippen LogP contribution >= 0.6 is 0 Å². The van der Waals surface area contributed by atoms with Crippen LogP contribution in [0.5, 0.6) is 0 Å². The second-order valence-corrected chi connectivity index (χ2v) is 7.04. The molecule has 24 heavy (non-hydrogen) atoms. The van der Waals surface area contributed by atoms with Gasteiger partial charge in [-0.1, -0.05) is 29.8 Å². The first-order valence-electron chi connectivity index (χ1n) is 8.83. The van der Waals surface area contributed by atoms with Crippen molar-refractivity contribution in [2.45, 2.75) is 45.2 Å². The molecule has 2 fully saturated rings. The van der Waals surface area contributed by atoms with E-state index >= 15 is 0 Å². The minimum absolute atomic E-state index is 0.0473. The highest BCUT2D eigenvalue weighted by molar-refractivity contribution is 5.91. The van der Waals surface area contributed by atoms with Crippen molar-refractivity contribution in [3.05, 3.63) is 35.4 Å². The summed E-state index contributed by atoms with van der Waals surface area (Å²) in [6.45, 7) is 4.00. The van der Waals surface area contributed by atoms with Crippen LogP contribution < -0.4 is 0 Å². The molecular formula is C19H26N2O3. The number of hydrogen-bond donors (Lipinski definition) is 1. The van der Waals surface area contributed by atoms with Crippen molar-refractivity contribution >= 4 is 11.8 Å². The highest BCUT2D eigenvalue weighted by atomic mass is 16.3. The van der Waals surface area contributed by atoms with E-state index in [1.807, 2.05) is 36.1 Å². The van der Waals surface area contributed by atoms with Crippen LogP contribution in [0.2, 0.25) is 0 Å². The third-order valence-electron chi connectivity index (χ3n) is 5.18. The van der Waals surface area contributed by atoms with E-state index < -0.39 is 0 Å². The number of hydrogen-bond acceptors (Lipinski definition) is 3. The summed E-state index contributed by atoms with van der Waals surface area (Å²) in [7, 11) is 0. The molecule has 2 aliphatic heterocycles. The molecule has 2 heterocycles. The molecule has 0 aliphatic carbocycles. The van der Waals surface area contributed by atoms with Gasteiger partial charge in [0.15, 0.2) is 0 Å². The first kappa shape index (κ1) is 17.0. The number of aliphatic hydroxyl groups excluding tert-OH is 1. The molecule has 130 valence electrons. The lowest BCUT2D eigenvalue weighted by Gasteiger charge is -2.35. The summed E-state index contributed by atoms with van der Waals surface area (Å²) in [6.07, 6.45) is 2.94. The van der Waals surface area contributed by atoms with E-state index in [4.69, 9.17) is 0 Å². The van der Waals surface area contributed by atoms with Crippen LogP contribution in [0.25, 0.3) is 0 Å². The number of carbonyl (C=O) groups is 2. The Kier molecular flexibility index (Phi) is 5.19. The molecule has 0 radical (unpaired) electrons. The number of aryl methyl sites for hydroxylation is 1. The fourth-order valence-corrected chi connectivity index (χ4v) is 3.70. The predicted octanol–water partition coefficient (Wildman–Crippen LogP) is 1.72. The lowest BCUT2D eigenvalue weighted by atomic mass is 9.98. The standard InChI is InChI=1S/C19H26N2O3/c1-14-4-6-15(7-5-14)12-21-17(8-9-18(21)23)19(24)20-10-2-3-16(11-20)13-22/h4-7,16-17,22H,2-3,8-13H2,1H3. The maximum Gasteiger partial charge on any atom is 0.245 e. The van der Waals surface area contributed by atoms with E-state index in [1.54, 1.807) is 4.90 Å². The lowest BCUT2D eigenvalue weighted by molar-refractivity contribution is -0.143. The van der Waals surface area contributed by atoms with Crippen molar-refractivity contribution in [1.29, 1.82) is 0 Å². The van der Waals surface area contributed by atoms with Crippen molar-refractivity contribution in [2.75, 3.05) is 19.7 Å². The number of amides is 2. The molecule has 2 atom stereocenters.